The van der Waals surface area contributed by atoms with Crippen molar-refractivity contribution in [3.63, 3.8) is 0 Å². The monoisotopic (exact) mass is 764 g/mol. The lowest BCUT2D eigenvalue weighted by molar-refractivity contribution is -0.370. The summed E-state index contributed by atoms with van der Waals surface area (Å²) in [6.45, 7) is 6.59. The van der Waals surface area contributed by atoms with Gasteiger partial charge in [-0.2, -0.15) is 0 Å². The first-order chi connectivity index (χ1) is 26.5. The highest BCUT2D eigenvalue weighted by Gasteiger charge is 2.56. The molecule has 2 aliphatic rings. The second-order valence-corrected chi connectivity index (χ2v) is 13.2. The van der Waals surface area contributed by atoms with Crippen molar-refractivity contribution < 1.29 is 66.5 Å². The van der Waals surface area contributed by atoms with Crippen LogP contribution in [0, 0.1) is 0 Å². The smallest absolute Gasteiger partial charge is 0.305 e. The van der Waals surface area contributed by atoms with Crippen LogP contribution in [0.3, 0.4) is 0 Å². The molecule has 0 aromatic heterocycles. The lowest BCUT2D eigenvalue weighted by atomic mass is 9.96. The summed E-state index contributed by atoms with van der Waals surface area (Å²) in [7, 11) is 0. The van der Waals surface area contributed by atoms with E-state index in [-0.39, 0.29) is 19.8 Å². The minimum absolute atomic E-state index is 0.113. The van der Waals surface area contributed by atoms with Crippen molar-refractivity contribution in [2.24, 2.45) is 0 Å². The third-order valence-corrected chi connectivity index (χ3v) is 8.80. The number of hydrogen-bond donors (Lipinski definition) is 0. The number of esters is 4. The number of carbonyl (C=O) groups excluding carboxylic acids is 4. The van der Waals surface area contributed by atoms with Gasteiger partial charge in [-0.1, -0.05) is 91.0 Å². The first-order valence-corrected chi connectivity index (χ1v) is 18.1. The molecular weight excluding hydrogens is 716 g/mol. The first kappa shape index (κ1) is 41.5. The SMILES string of the molecule is CC(=O)OC[C@H]1O[C@H](OC(C)=O)[C@H](O[C@H]2O[C@@H](C)[C@@H](OCc3ccccc3)[C@@H](OCc3ccccc3)[C@@H]2OCc2ccccc2)[C@@H](OC(C)=O)[C@H]1OC(C)=O. The topological polar surface area (TPSA) is 161 Å². The Hall–Kier alpha value is -4.70. The Labute approximate surface area is 320 Å². The highest BCUT2D eigenvalue weighted by molar-refractivity contribution is 5.68. The Bertz CT molecular complexity index is 1670. The van der Waals surface area contributed by atoms with Crippen LogP contribution in [0.15, 0.2) is 91.0 Å². The Balaban J connectivity index is 1.53. The molecule has 0 spiro atoms. The van der Waals surface area contributed by atoms with Crippen LogP contribution in [0.25, 0.3) is 0 Å². The fourth-order valence-corrected chi connectivity index (χ4v) is 6.41. The number of benzene rings is 3. The molecule has 0 saturated carbocycles. The Morgan fingerprint density at radius 2 is 0.945 bits per heavy atom. The van der Waals surface area contributed by atoms with E-state index in [0.717, 1.165) is 37.5 Å². The van der Waals surface area contributed by atoms with Crippen molar-refractivity contribution in [3.8, 4) is 0 Å². The summed E-state index contributed by atoms with van der Waals surface area (Å²) in [5.41, 5.74) is 2.68. The molecule has 3 aromatic rings. The minimum atomic E-state index is -1.56. The molecule has 2 aliphatic heterocycles. The maximum absolute atomic E-state index is 12.6. The van der Waals surface area contributed by atoms with E-state index in [1.54, 1.807) is 6.92 Å². The van der Waals surface area contributed by atoms with Gasteiger partial charge in [-0.3, -0.25) is 19.2 Å². The molecule has 55 heavy (non-hydrogen) atoms. The van der Waals surface area contributed by atoms with Crippen LogP contribution < -0.4 is 0 Å². The molecule has 2 heterocycles. The maximum Gasteiger partial charge on any atom is 0.305 e. The van der Waals surface area contributed by atoms with Gasteiger partial charge in [0.15, 0.2) is 24.6 Å². The molecular formula is C41H48O14. The lowest BCUT2D eigenvalue weighted by Gasteiger charge is -2.49. The first-order valence-electron chi connectivity index (χ1n) is 18.1. The molecule has 0 bridgehead atoms. The van der Waals surface area contributed by atoms with Crippen LogP contribution >= 0.6 is 0 Å². The van der Waals surface area contributed by atoms with Gasteiger partial charge in [0.1, 0.15) is 31.0 Å². The summed E-state index contributed by atoms with van der Waals surface area (Å²) in [6.07, 6.45) is -11.5. The predicted octanol–water partition coefficient (Wildman–Crippen LogP) is 4.59. The average Bonchev–Trinajstić information content (AvgIpc) is 3.15. The minimum Gasteiger partial charge on any atom is -0.463 e. The Kier molecular flexibility index (Phi) is 15.3. The van der Waals surface area contributed by atoms with Gasteiger partial charge >= 0.3 is 23.9 Å². The highest BCUT2D eigenvalue weighted by atomic mass is 16.8. The van der Waals surface area contributed by atoms with Gasteiger partial charge in [0.25, 0.3) is 0 Å². The van der Waals surface area contributed by atoms with Gasteiger partial charge in [-0.15, -0.1) is 0 Å². The van der Waals surface area contributed by atoms with E-state index in [1.165, 1.54) is 6.92 Å². The predicted molar refractivity (Wildman–Crippen MR) is 192 cm³/mol. The summed E-state index contributed by atoms with van der Waals surface area (Å²) in [5.74, 6) is -2.92. The second kappa shape index (κ2) is 20.3. The molecule has 14 heteroatoms. The van der Waals surface area contributed by atoms with E-state index in [9.17, 15) is 19.2 Å². The van der Waals surface area contributed by atoms with Crippen molar-refractivity contribution >= 4 is 23.9 Å². The second-order valence-electron chi connectivity index (χ2n) is 13.2. The Morgan fingerprint density at radius 3 is 1.42 bits per heavy atom. The zero-order valence-electron chi connectivity index (χ0n) is 31.5. The zero-order valence-corrected chi connectivity index (χ0v) is 31.5. The van der Waals surface area contributed by atoms with Crippen LogP contribution in [-0.4, -0.2) is 91.9 Å². The van der Waals surface area contributed by atoms with Crippen LogP contribution in [0.2, 0.25) is 0 Å². The molecule has 0 radical (unpaired) electrons. The molecule has 0 aliphatic carbocycles. The van der Waals surface area contributed by atoms with E-state index >= 15 is 0 Å². The fourth-order valence-electron chi connectivity index (χ4n) is 6.41. The van der Waals surface area contributed by atoms with Crippen molar-refractivity contribution in [2.75, 3.05) is 6.61 Å². The van der Waals surface area contributed by atoms with Crippen molar-refractivity contribution in [3.05, 3.63) is 108 Å². The van der Waals surface area contributed by atoms with Gasteiger partial charge < -0.3 is 47.4 Å². The van der Waals surface area contributed by atoms with Gasteiger partial charge in [0.05, 0.1) is 25.9 Å². The standard InChI is InChI=1S/C41H48O14/c1-25-34(47-21-30-15-9-6-10-16-30)36(48-22-31-17-11-7-12-18-31)38(49-23-32-19-13-8-14-20-32)40(50-25)55-39-37(52-28(4)44)35(51-27(3)43)33(24-46-26(2)42)54-41(39)53-29(5)45/h6-20,25,33-41H,21-24H2,1-5H3/t25-,33+,34+,35-,36+,37-,38-,39+,40+,41-/m0/s1. The summed E-state index contributed by atoms with van der Waals surface area (Å²) in [4.78, 5) is 49.3. The molecule has 5 rings (SSSR count). The molecule has 2 saturated heterocycles. The molecule has 0 amide bonds. The Morgan fingerprint density at radius 1 is 0.491 bits per heavy atom. The van der Waals surface area contributed by atoms with Crippen LogP contribution in [0.5, 0.6) is 0 Å². The van der Waals surface area contributed by atoms with Crippen LogP contribution in [0.1, 0.15) is 51.3 Å². The largest absolute Gasteiger partial charge is 0.463 e. The van der Waals surface area contributed by atoms with E-state index in [1.807, 2.05) is 91.0 Å². The van der Waals surface area contributed by atoms with E-state index in [2.05, 4.69) is 0 Å². The average molecular weight is 765 g/mol. The molecule has 2 fully saturated rings. The van der Waals surface area contributed by atoms with Gasteiger partial charge in [-0.05, 0) is 23.6 Å². The number of carbonyl (C=O) groups is 4. The quantitative estimate of drug-likeness (QED) is 0.147. The molecule has 0 unspecified atom stereocenters. The molecule has 14 nitrogen and oxygen atoms in total. The fraction of sp³-hybridized carbons (Fsp3) is 0.463. The highest BCUT2D eigenvalue weighted by Crippen LogP contribution is 2.36. The number of ether oxygens (including phenoxy) is 10. The van der Waals surface area contributed by atoms with E-state index in [4.69, 9.17) is 47.4 Å². The zero-order chi connectivity index (χ0) is 39.3. The van der Waals surface area contributed by atoms with Crippen LogP contribution in [0.4, 0.5) is 0 Å². The van der Waals surface area contributed by atoms with Gasteiger partial charge in [-0.25, -0.2) is 0 Å². The van der Waals surface area contributed by atoms with Crippen molar-refractivity contribution in [2.45, 2.75) is 116 Å². The summed E-state index contributed by atoms with van der Waals surface area (Å²) < 4.78 is 61.2. The summed E-state index contributed by atoms with van der Waals surface area (Å²) in [5, 5.41) is 0. The maximum atomic E-state index is 12.6. The number of hydrogen-bond acceptors (Lipinski definition) is 14. The molecule has 0 N–H and O–H groups in total. The van der Waals surface area contributed by atoms with E-state index < -0.39 is 91.9 Å². The summed E-state index contributed by atoms with van der Waals surface area (Å²) >= 11 is 0. The molecule has 296 valence electrons. The normalized spacial score (nSPS) is 27.7. The number of rotatable bonds is 16. The summed E-state index contributed by atoms with van der Waals surface area (Å²) in [6, 6.07) is 28.7. The third kappa shape index (κ3) is 12.1. The third-order valence-electron chi connectivity index (χ3n) is 8.80. The van der Waals surface area contributed by atoms with Crippen LogP contribution in [-0.2, 0) is 86.4 Å². The molecule has 10 atom stereocenters. The molecule has 3 aromatic carbocycles. The van der Waals surface area contributed by atoms with Gasteiger partial charge in [0, 0.05) is 27.7 Å². The van der Waals surface area contributed by atoms with E-state index in [0.29, 0.717) is 0 Å². The van der Waals surface area contributed by atoms with Crippen molar-refractivity contribution in [1.29, 1.82) is 0 Å². The van der Waals surface area contributed by atoms with Gasteiger partial charge in [0.2, 0.25) is 6.29 Å². The lowest BCUT2D eigenvalue weighted by Crippen LogP contribution is -2.66. The van der Waals surface area contributed by atoms with Crippen molar-refractivity contribution in [1.82, 2.24) is 0 Å².